The molecule has 0 aromatic carbocycles. The molecule has 1 rings (SSSR count). The number of allylic oxidation sites excluding steroid dienone is 1. The topological polar surface area (TPSA) is 9.23 Å². The molecular formula is C9H16O. The van der Waals surface area contributed by atoms with Crippen LogP contribution in [0.15, 0.2) is 11.8 Å². The van der Waals surface area contributed by atoms with E-state index in [1.165, 1.54) is 18.4 Å². The van der Waals surface area contributed by atoms with E-state index in [9.17, 15) is 0 Å². The Balaban J connectivity index is 2.48. The molecular weight excluding hydrogens is 124 g/mol. The van der Waals surface area contributed by atoms with E-state index >= 15 is 0 Å². The van der Waals surface area contributed by atoms with Crippen LogP contribution in [-0.4, -0.2) is 6.10 Å². The van der Waals surface area contributed by atoms with Gasteiger partial charge in [-0.3, -0.25) is 0 Å². The fourth-order valence-corrected chi connectivity index (χ4v) is 1.13. The number of hydrogen-bond donors (Lipinski definition) is 0. The molecule has 1 unspecified atom stereocenters. The number of ether oxygens (including phenoxy) is 1. The Morgan fingerprint density at radius 1 is 1.60 bits per heavy atom. The molecule has 0 radical (unpaired) electrons. The van der Waals surface area contributed by atoms with Crippen LogP contribution < -0.4 is 0 Å². The molecule has 0 aromatic rings. The predicted molar refractivity (Wildman–Crippen MR) is 42.7 cm³/mol. The summed E-state index contributed by atoms with van der Waals surface area (Å²) in [5, 5.41) is 0. The molecule has 0 fully saturated rings. The van der Waals surface area contributed by atoms with Crippen LogP contribution in [0, 0.1) is 5.92 Å². The average molecular weight is 140 g/mol. The van der Waals surface area contributed by atoms with Gasteiger partial charge in [-0.1, -0.05) is 13.8 Å². The molecule has 0 amide bonds. The van der Waals surface area contributed by atoms with Crippen LogP contribution >= 0.6 is 0 Å². The molecule has 1 nitrogen and oxygen atoms in total. The van der Waals surface area contributed by atoms with Crippen molar-refractivity contribution in [3.8, 4) is 0 Å². The van der Waals surface area contributed by atoms with E-state index in [0.29, 0.717) is 12.0 Å². The zero-order chi connectivity index (χ0) is 7.56. The standard InChI is InChI=1S/C9H16O/c1-7(2)9-5-4-8(3)10-6-9/h6-8H,4-5H2,1-3H3. The fourth-order valence-electron chi connectivity index (χ4n) is 1.13. The first-order valence-electron chi connectivity index (χ1n) is 4.04. The summed E-state index contributed by atoms with van der Waals surface area (Å²) >= 11 is 0. The van der Waals surface area contributed by atoms with E-state index in [-0.39, 0.29) is 0 Å². The lowest BCUT2D eigenvalue weighted by Gasteiger charge is -2.21. The molecule has 0 aromatic heterocycles. The summed E-state index contributed by atoms with van der Waals surface area (Å²) in [5.74, 6) is 0.660. The fraction of sp³-hybridized carbons (Fsp3) is 0.778. The van der Waals surface area contributed by atoms with Gasteiger partial charge in [-0.05, 0) is 31.3 Å². The Labute approximate surface area is 63.1 Å². The Hall–Kier alpha value is -0.460. The summed E-state index contributed by atoms with van der Waals surface area (Å²) in [7, 11) is 0. The summed E-state index contributed by atoms with van der Waals surface area (Å²) in [6.07, 6.45) is 4.78. The molecule has 0 saturated carbocycles. The Morgan fingerprint density at radius 3 is 2.70 bits per heavy atom. The Morgan fingerprint density at radius 2 is 2.30 bits per heavy atom. The highest BCUT2D eigenvalue weighted by molar-refractivity contribution is 5.03. The van der Waals surface area contributed by atoms with E-state index < -0.39 is 0 Å². The van der Waals surface area contributed by atoms with E-state index in [1.54, 1.807) is 0 Å². The molecule has 0 bridgehead atoms. The van der Waals surface area contributed by atoms with E-state index in [4.69, 9.17) is 4.74 Å². The molecule has 1 heterocycles. The highest BCUT2D eigenvalue weighted by atomic mass is 16.5. The maximum atomic E-state index is 5.39. The van der Waals surface area contributed by atoms with Gasteiger partial charge in [-0.2, -0.15) is 0 Å². The lowest BCUT2D eigenvalue weighted by molar-refractivity contribution is 0.132. The highest BCUT2D eigenvalue weighted by Gasteiger charge is 2.12. The molecule has 10 heavy (non-hydrogen) atoms. The van der Waals surface area contributed by atoms with Gasteiger partial charge in [0.2, 0.25) is 0 Å². The van der Waals surface area contributed by atoms with Crippen LogP contribution in [0.25, 0.3) is 0 Å². The van der Waals surface area contributed by atoms with Crippen molar-refractivity contribution in [1.82, 2.24) is 0 Å². The molecule has 0 N–H and O–H groups in total. The molecule has 58 valence electrons. The Bertz CT molecular complexity index is 136. The lowest BCUT2D eigenvalue weighted by atomic mass is 9.97. The maximum Gasteiger partial charge on any atom is 0.0953 e. The second-order valence-electron chi connectivity index (χ2n) is 3.33. The molecule has 0 spiro atoms. The summed E-state index contributed by atoms with van der Waals surface area (Å²) in [4.78, 5) is 0. The van der Waals surface area contributed by atoms with Crippen LogP contribution in [-0.2, 0) is 4.74 Å². The molecule has 0 aliphatic carbocycles. The van der Waals surface area contributed by atoms with Crippen LogP contribution in [0.2, 0.25) is 0 Å². The zero-order valence-corrected chi connectivity index (χ0v) is 7.05. The molecule has 1 heteroatoms. The first kappa shape index (κ1) is 7.64. The quantitative estimate of drug-likeness (QED) is 0.544. The van der Waals surface area contributed by atoms with Crippen molar-refractivity contribution in [3.05, 3.63) is 11.8 Å². The van der Waals surface area contributed by atoms with Gasteiger partial charge in [-0.25, -0.2) is 0 Å². The lowest BCUT2D eigenvalue weighted by Crippen LogP contribution is -2.12. The molecule has 0 saturated heterocycles. The van der Waals surface area contributed by atoms with E-state index in [2.05, 4.69) is 20.8 Å². The van der Waals surface area contributed by atoms with Gasteiger partial charge < -0.3 is 4.74 Å². The van der Waals surface area contributed by atoms with Gasteiger partial charge in [0.15, 0.2) is 0 Å². The SMILES string of the molecule is CC1CCC(C(C)C)=CO1. The smallest absolute Gasteiger partial charge is 0.0953 e. The van der Waals surface area contributed by atoms with Gasteiger partial charge >= 0.3 is 0 Å². The summed E-state index contributed by atoms with van der Waals surface area (Å²) in [6, 6.07) is 0. The van der Waals surface area contributed by atoms with Crippen molar-refractivity contribution < 1.29 is 4.74 Å². The Kier molecular flexibility index (Phi) is 2.36. The van der Waals surface area contributed by atoms with Gasteiger partial charge in [0.05, 0.1) is 12.4 Å². The van der Waals surface area contributed by atoms with Gasteiger partial charge in [-0.15, -0.1) is 0 Å². The van der Waals surface area contributed by atoms with Gasteiger partial charge in [0.25, 0.3) is 0 Å². The van der Waals surface area contributed by atoms with Crippen molar-refractivity contribution in [3.63, 3.8) is 0 Å². The van der Waals surface area contributed by atoms with Crippen LogP contribution in [0.3, 0.4) is 0 Å². The minimum atomic E-state index is 0.433. The van der Waals surface area contributed by atoms with Crippen molar-refractivity contribution in [2.45, 2.75) is 39.7 Å². The van der Waals surface area contributed by atoms with Crippen LogP contribution in [0.1, 0.15) is 33.6 Å². The molecule has 1 aliphatic heterocycles. The first-order valence-corrected chi connectivity index (χ1v) is 4.04. The first-order chi connectivity index (χ1) is 4.70. The molecule has 1 aliphatic rings. The van der Waals surface area contributed by atoms with Crippen molar-refractivity contribution >= 4 is 0 Å². The zero-order valence-electron chi connectivity index (χ0n) is 7.05. The summed E-state index contributed by atoms with van der Waals surface area (Å²) < 4.78 is 5.39. The van der Waals surface area contributed by atoms with E-state index in [1.807, 2.05) is 6.26 Å². The van der Waals surface area contributed by atoms with Crippen LogP contribution in [0.5, 0.6) is 0 Å². The third-order valence-corrected chi connectivity index (χ3v) is 2.03. The summed E-state index contributed by atoms with van der Waals surface area (Å²) in [5.41, 5.74) is 1.46. The second kappa shape index (κ2) is 3.09. The number of hydrogen-bond acceptors (Lipinski definition) is 1. The van der Waals surface area contributed by atoms with Crippen molar-refractivity contribution in [2.24, 2.45) is 5.92 Å². The monoisotopic (exact) mass is 140 g/mol. The summed E-state index contributed by atoms with van der Waals surface area (Å²) in [6.45, 7) is 6.55. The largest absolute Gasteiger partial charge is 0.498 e. The predicted octanol–water partition coefficient (Wildman–Crippen LogP) is 2.73. The maximum absolute atomic E-state index is 5.39. The third-order valence-electron chi connectivity index (χ3n) is 2.03. The van der Waals surface area contributed by atoms with Crippen molar-refractivity contribution in [1.29, 1.82) is 0 Å². The third kappa shape index (κ3) is 1.76. The normalized spacial score (nSPS) is 26.0. The molecule has 1 atom stereocenters. The average Bonchev–Trinajstić information content (AvgIpc) is 1.88. The van der Waals surface area contributed by atoms with Crippen LogP contribution in [0.4, 0.5) is 0 Å². The van der Waals surface area contributed by atoms with Crippen molar-refractivity contribution in [2.75, 3.05) is 0 Å². The number of rotatable bonds is 1. The van der Waals surface area contributed by atoms with E-state index in [0.717, 1.165) is 0 Å². The van der Waals surface area contributed by atoms with Gasteiger partial charge in [0, 0.05) is 0 Å². The van der Waals surface area contributed by atoms with Gasteiger partial charge in [0.1, 0.15) is 0 Å². The second-order valence-corrected chi connectivity index (χ2v) is 3.33. The minimum Gasteiger partial charge on any atom is -0.498 e. The highest BCUT2D eigenvalue weighted by Crippen LogP contribution is 2.22. The minimum absolute atomic E-state index is 0.433.